The number of benzene rings is 2. The highest BCUT2D eigenvalue weighted by Crippen LogP contribution is 2.35. The predicted molar refractivity (Wildman–Crippen MR) is 136 cm³/mol. The first-order valence-electron chi connectivity index (χ1n) is 12.5. The molecule has 5 rings (SSSR count). The first-order valence-corrected chi connectivity index (χ1v) is 12.5. The Morgan fingerprint density at radius 3 is 2.58 bits per heavy atom. The predicted octanol–water partition coefficient (Wildman–Crippen LogP) is 3.99. The van der Waals surface area contributed by atoms with E-state index >= 15 is 0 Å². The van der Waals surface area contributed by atoms with Crippen molar-refractivity contribution in [3.8, 4) is 28.2 Å². The second-order valence-corrected chi connectivity index (χ2v) is 9.11. The minimum Gasteiger partial charge on any atom is -0.464 e. The number of carbonyl (C=O) groups excluding carboxylic acids is 1. The lowest BCUT2D eigenvalue weighted by molar-refractivity contribution is -0.151. The first kappa shape index (κ1) is 23.9. The van der Waals surface area contributed by atoms with Gasteiger partial charge in [-0.3, -0.25) is 9.88 Å². The number of rotatable bonds is 8. The number of hydrogen-bond acceptors (Lipinski definition) is 7. The van der Waals surface area contributed by atoms with Crippen LogP contribution >= 0.6 is 0 Å². The number of aryl methyl sites for hydroxylation is 1. The van der Waals surface area contributed by atoms with E-state index < -0.39 is 5.54 Å². The number of hydrogen-bond donors (Lipinski definition) is 2. The molecule has 0 amide bonds. The van der Waals surface area contributed by atoms with Crippen molar-refractivity contribution in [1.82, 2.24) is 35.5 Å². The van der Waals surface area contributed by atoms with Crippen molar-refractivity contribution in [2.24, 2.45) is 0 Å². The van der Waals surface area contributed by atoms with Gasteiger partial charge in [-0.05, 0) is 48.7 Å². The molecule has 0 radical (unpaired) electrons. The Morgan fingerprint density at radius 1 is 1.11 bits per heavy atom. The molecule has 0 bridgehead atoms. The monoisotopic (exact) mass is 485 g/mol. The fourth-order valence-corrected chi connectivity index (χ4v) is 4.94. The second-order valence-electron chi connectivity index (χ2n) is 9.11. The Morgan fingerprint density at radius 2 is 1.89 bits per heavy atom. The van der Waals surface area contributed by atoms with Crippen molar-refractivity contribution in [2.45, 2.75) is 52.0 Å². The average Bonchev–Trinajstić information content (AvgIpc) is 3.57. The Balaban J connectivity index is 1.60. The molecule has 3 heterocycles. The number of ether oxygens (including phenoxy) is 1. The molecule has 0 spiro atoms. The van der Waals surface area contributed by atoms with Gasteiger partial charge in [0.25, 0.3) is 0 Å². The van der Waals surface area contributed by atoms with Crippen molar-refractivity contribution in [1.29, 1.82) is 0 Å². The van der Waals surface area contributed by atoms with E-state index in [1.807, 2.05) is 38.1 Å². The van der Waals surface area contributed by atoms with Crippen LogP contribution in [0.1, 0.15) is 50.8 Å². The third-order valence-electron chi connectivity index (χ3n) is 6.72. The average molecular weight is 486 g/mol. The van der Waals surface area contributed by atoms with E-state index in [1.54, 1.807) is 0 Å². The summed E-state index contributed by atoms with van der Waals surface area (Å²) >= 11 is 0. The molecule has 1 atom stereocenters. The van der Waals surface area contributed by atoms with Crippen LogP contribution in [-0.2, 0) is 27.9 Å². The van der Waals surface area contributed by atoms with Gasteiger partial charge in [0.05, 0.1) is 18.0 Å². The van der Waals surface area contributed by atoms with Crippen LogP contribution in [0.3, 0.4) is 0 Å². The number of nitrogens with zero attached hydrogens (tertiary/aromatic N) is 5. The minimum absolute atomic E-state index is 0.278. The Bertz CT molecular complexity index is 1350. The van der Waals surface area contributed by atoms with Crippen LogP contribution < -0.4 is 5.32 Å². The fourth-order valence-electron chi connectivity index (χ4n) is 4.94. The van der Waals surface area contributed by atoms with Crippen LogP contribution in [0.25, 0.3) is 28.2 Å². The van der Waals surface area contributed by atoms with Crippen molar-refractivity contribution in [2.75, 3.05) is 13.2 Å². The zero-order chi connectivity index (χ0) is 25.1. The molecule has 4 aromatic rings. The highest BCUT2D eigenvalue weighted by molar-refractivity contribution is 5.83. The second kappa shape index (κ2) is 10.0. The molecule has 2 aromatic carbocycles. The van der Waals surface area contributed by atoms with Crippen LogP contribution in [-0.4, -0.2) is 49.3 Å². The molecule has 0 saturated carbocycles. The molecule has 0 fully saturated rings. The maximum atomic E-state index is 13.1. The third kappa shape index (κ3) is 4.19. The van der Waals surface area contributed by atoms with Crippen LogP contribution in [0, 0.1) is 0 Å². The summed E-state index contributed by atoms with van der Waals surface area (Å²) in [6, 6.07) is 16.3. The van der Waals surface area contributed by atoms with Gasteiger partial charge in [-0.15, -0.1) is 10.2 Å². The normalized spacial score (nSPS) is 17.1. The number of esters is 1. The van der Waals surface area contributed by atoms with Crippen LogP contribution in [0.5, 0.6) is 0 Å². The van der Waals surface area contributed by atoms with Crippen LogP contribution in [0.2, 0.25) is 0 Å². The lowest BCUT2D eigenvalue weighted by Gasteiger charge is -2.34. The molecule has 2 N–H and O–H groups in total. The lowest BCUT2D eigenvalue weighted by Crippen LogP contribution is -2.52. The van der Waals surface area contributed by atoms with E-state index in [4.69, 9.17) is 9.72 Å². The molecule has 9 nitrogen and oxygen atoms in total. The summed E-state index contributed by atoms with van der Waals surface area (Å²) in [5.41, 5.74) is 4.79. The SMILES string of the molecule is CCCCc1nc2c(n1-c1ccc(-c3ccccc3-c3nn[nH]n3)cc1)C(C)(C(=O)OCC)NCC2. The topological polar surface area (TPSA) is 111 Å². The molecular weight excluding hydrogens is 454 g/mol. The summed E-state index contributed by atoms with van der Waals surface area (Å²) in [6.45, 7) is 6.92. The van der Waals surface area contributed by atoms with E-state index in [0.717, 1.165) is 65.3 Å². The van der Waals surface area contributed by atoms with Gasteiger partial charge in [0.2, 0.25) is 5.82 Å². The molecule has 2 aromatic heterocycles. The Labute approximate surface area is 210 Å². The number of aromatic amines is 1. The van der Waals surface area contributed by atoms with E-state index in [0.29, 0.717) is 19.0 Å². The number of unbranched alkanes of at least 4 members (excludes halogenated alkanes) is 1. The fraction of sp³-hybridized carbons (Fsp3) is 0.370. The summed E-state index contributed by atoms with van der Waals surface area (Å²) < 4.78 is 7.64. The molecule has 0 aliphatic carbocycles. The maximum Gasteiger partial charge on any atom is 0.332 e. The number of aromatic nitrogens is 6. The van der Waals surface area contributed by atoms with Crippen molar-refractivity contribution in [3.05, 3.63) is 65.7 Å². The van der Waals surface area contributed by atoms with Gasteiger partial charge in [0, 0.05) is 30.6 Å². The van der Waals surface area contributed by atoms with Gasteiger partial charge >= 0.3 is 5.97 Å². The maximum absolute atomic E-state index is 13.1. The van der Waals surface area contributed by atoms with E-state index in [1.165, 1.54) is 0 Å². The first-order chi connectivity index (χ1) is 17.6. The molecule has 9 heteroatoms. The van der Waals surface area contributed by atoms with Crippen LogP contribution in [0.4, 0.5) is 0 Å². The molecule has 1 unspecified atom stereocenters. The molecule has 0 saturated heterocycles. The zero-order valence-corrected chi connectivity index (χ0v) is 20.9. The van der Waals surface area contributed by atoms with E-state index in [2.05, 4.69) is 61.7 Å². The number of fused-ring (bicyclic) bond motifs is 1. The highest BCUT2D eigenvalue weighted by atomic mass is 16.5. The third-order valence-corrected chi connectivity index (χ3v) is 6.72. The van der Waals surface area contributed by atoms with Gasteiger partial charge in [0.1, 0.15) is 5.82 Å². The van der Waals surface area contributed by atoms with Gasteiger partial charge in [-0.25, -0.2) is 9.78 Å². The summed E-state index contributed by atoms with van der Waals surface area (Å²) in [4.78, 5) is 18.2. The smallest absolute Gasteiger partial charge is 0.332 e. The van der Waals surface area contributed by atoms with Gasteiger partial charge in [0.15, 0.2) is 5.54 Å². The minimum atomic E-state index is -0.967. The van der Waals surface area contributed by atoms with Gasteiger partial charge in [-0.2, -0.15) is 5.21 Å². The summed E-state index contributed by atoms with van der Waals surface area (Å²) in [7, 11) is 0. The number of carbonyl (C=O) groups is 1. The zero-order valence-electron chi connectivity index (χ0n) is 20.9. The molecule has 36 heavy (non-hydrogen) atoms. The van der Waals surface area contributed by atoms with Gasteiger partial charge in [-0.1, -0.05) is 49.7 Å². The van der Waals surface area contributed by atoms with E-state index in [9.17, 15) is 4.79 Å². The number of nitrogens with one attached hydrogen (secondary N) is 2. The highest BCUT2D eigenvalue weighted by Gasteiger charge is 2.44. The number of H-pyrrole nitrogens is 1. The summed E-state index contributed by atoms with van der Waals surface area (Å²) in [5, 5.41) is 18.0. The summed E-state index contributed by atoms with van der Waals surface area (Å²) in [5.74, 6) is 1.25. The number of tetrazole rings is 1. The Hall–Kier alpha value is -3.85. The standard InChI is InChI=1S/C27H31N7O2/c1-4-6-11-23-29-22-16-17-28-27(3,26(35)36-5-2)24(22)34(23)19-14-12-18(13-15-19)20-9-7-8-10-21(20)25-30-32-33-31-25/h7-10,12-15,28H,4-6,11,16-17H2,1-3H3,(H,30,31,32,33). The van der Waals surface area contributed by atoms with Crippen molar-refractivity contribution in [3.63, 3.8) is 0 Å². The number of imidazole rings is 1. The molecule has 1 aliphatic heterocycles. The molecule has 1 aliphatic rings. The largest absolute Gasteiger partial charge is 0.464 e. The van der Waals surface area contributed by atoms with Crippen molar-refractivity contribution >= 4 is 5.97 Å². The Kier molecular flexibility index (Phi) is 6.65. The molecular formula is C27H31N7O2. The summed E-state index contributed by atoms with van der Waals surface area (Å²) in [6.07, 6.45) is 3.70. The quantitative estimate of drug-likeness (QED) is 0.363. The molecule has 186 valence electrons. The van der Waals surface area contributed by atoms with Crippen LogP contribution in [0.15, 0.2) is 48.5 Å². The lowest BCUT2D eigenvalue weighted by atomic mass is 9.90. The van der Waals surface area contributed by atoms with Crippen molar-refractivity contribution < 1.29 is 9.53 Å². The van der Waals surface area contributed by atoms with Gasteiger partial charge < -0.3 is 4.74 Å². The van der Waals surface area contributed by atoms with E-state index in [-0.39, 0.29) is 5.97 Å².